The monoisotopic (exact) mass is 344 g/mol. The largest absolute Gasteiger partial charge is 0.339 e. The summed E-state index contributed by atoms with van der Waals surface area (Å²) >= 11 is 1.65. The van der Waals surface area contributed by atoms with Gasteiger partial charge in [0.2, 0.25) is 17.7 Å². The molecule has 3 amide bonds. The van der Waals surface area contributed by atoms with Gasteiger partial charge in [0.25, 0.3) is 0 Å². The fraction of sp³-hybridized carbons (Fsp3) is 0.500. The number of fused-ring (bicyclic) bond motifs is 5. The highest BCUT2D eigenvalue weighted by Gasteiger charge is 2.59. The lowest BCUT2D eigenvalue weighted by atomic mass is 9.85. The number of nitrogens with zero attached hydrogens (tertiary/aromatic N) is 2. The highest BCUT2D eigenvalue weighted by Crippen LogP contribution is 2.52. The van der Waals surface area contributed by atoms with E-state index in [1.807, 2.05) is 19.1 Å². The van der Waals surface area contributed by atoms with Gasteiger partial charge in [-0.2, -0.15) is 0 Å². The number of likely N-dealkylation sites (N-methyl/N-ethyl adjacent to an activating group) is 1. The minimum atomic E-state index is -0.231. The Kier molecular flexibility index (Phi) is 3.60. The Bertz CT molecular complexity index is 723. The normalized spacial score (nSPS) is 30.3. The maximum Gasteiger partial charge on any atom is 0.242 e. The molecule has 0 aromatic carbocycles. The zero-order chi connectivity index (χ0) is 17.0. The van der Waals surface area contributed by atoms with Crippen molar-refractivity contribution in [2.75, 3.05) is 13.6 Å². The molecule has 1 aromatic heterocycles. The Morgan fingerprint density at radius 2 is 1.83 bits per heavy atom. The SMILES string of the molecule is Cc1ccc(CN(C)C(=O)CN2C(=O)[C@@H]3[C@@H](C2=O)[C@H]2C=C[C@H]3C2)s1. The number of aryl methyl sites for hydroxylation is 1. The van der Waals surface area contributed by atoms with E-state index in [2.05, 4.69) is 12.2 Å². The number of amides is 3. The number of hydrogen-bond acceptors (Lipinski definition) is 4. The van der Waals surface area contributed by atoms with Crippen molar-refractivity contribution in [2.45, 2.75) is 19.9 Å². The number of thiophene rings is 1. The maximum absolute atomic E-state index is 12.6. The summed E-state index contributed by atoms with van der Waals surface area (Å²) in [6, 6.07) is 4.03. The smallest absolute Gasteiger partial charge is 0.242 e. The van der Waals surface area contributed by atoms with Crippen LogP contribution in [0.1, 0.15) is 16.2 Å². The van der Waals surface area contributed by atoms with Crippen molar-refractivity contribution < 1.29 is 14.4 Å². The Labute approximate surface area is 144 Å². The van der Waals surface area contributed by atoms with E-state index in [0.29, 0.717) is 6.54 Å². The lowest BCUT2D eigenvalue weighted by molar-refractivity contribution is -0.146. The fourth-order valence-electron chi connectivity index (χ4n) is 4.27. The Morgan fingerprint density at radius 3 is 2.38 bits per heavy atom. The number of hydrogen-bond donors (Lipinski definition) is 0. The van der Waals surface area contributed by atoms with E-state index in [1.165, 1.54) is 9.78 Å². The molecule has 1 saturated carbocycles. The van der Waals surface area contributed by atoms with Crippen LogP contribution in [0.5, 0.6) is 0 Å². The van der Waals surface area contributed by atoms with Gasteiger partial charge in [0.05, 0.1) is 18.4 Å². The topological polar surface area (TPSA) is 57.7 Å². The van der Waals surface area contributed by atoms with Crippen molar-refractivity contribution in [3.8, 4) is 0 Å². The van der Waals surface area contributed by atoms with Crippen LogP contribution in [0.2, 0.25) is 0 Å². The molecule has 0 radical (unpaired) electrons. The van der Waals surface area contributed by atoms with Gasteiger partial charge in [0.1, 0.15) is 6.54 Å². The van der Waals surface area contributed by atoms with Gasteiger partial charge in [-0.3, -0.25) is 19.3 Å². The highest BCUT2D eigenvalue weighted by molar-refractivity contribution is 7.11. The van der Waals surface area contributed by atoms with Crippen LogP contribution in [-0.4, -0.2) is 41.1 Å². The van der Waals surface area contributed by atoms with Crippen molar-refractivity contribution in [3.63, 3.8) is 0 Å². The first-order valence-electron chi connectivity index (χ1n) is 8.28. The number of rotatable bonds is 4. The van der Waals surface area contributed by atoms with E-state index in [9.17, 15) is 14.4 Å². The maximum atomic E-state index is 12.6. The Hall–Kier alpha value is -1.95. The summed E-state index contributed by atoms with van der Waals surface area (Å²) in [6.07, 6.45) is 5.04. The molecule has 6 heteroatoms. The average Bonchev–Trinajstić information content (AvgIpc) is 3.29. The summed E-state index contributed by atoms with van der Waals surface area (Å²) < 4.78 is 0. The zero-order valence-electron chi connectivity index (χ0n) is 13.8. The van der Waals surface area contributed by atoms with Crippen molar-refractivity contribution in [1.82, 2.24) is 9.80 Å². The molecule has 3 aliphatic rings. The van der Waals surface area contributed by atoms with Gasteiger partial charge in [-0.25, -0.2) is 0 Å². The summed E-state index contributed by atoms with van der Waals surface area (Å²) in [5.74, 6) is -0.600. The third kappa shape index (κ3) is 2.32. The van der Waals surface area contributed by atoms with Gasteiger partial charge in [0, 0.05) is 16.8 Å². The molecular formula is C18H20N2O3S. The third-order valence-electron chi connectivity index (χ3n) is 5.47. The number of carbonyl (C=O) groups is 3. The predicted octanol–water partition coefficient (Wildman–Crippen LogP) is 1.82. The van der Waals surface area contributed by atoms with E-state index in [0.717, 1.165) is 11.3 Å². The standard InChI is InChI=1S/C18H20N2O3S/c1-10-3-6-13(24-10)8-19(2)14(21)9-20-17(22)15-11-4-5-12(7-11)16(15)18(20)23/h3-6,11-12,15-16H,7-9H2,1-2H3/t11-,12-,15-,16-/m0/s1. The van der Waals surface area contributed by atoms with Crippen molar-refractivity contribution >= 4 is 29.1 Å². The number of imide groups is 1. The molecule has 4 atom stereocenters. The Balaban J connectivity index is 1.43. The molecule has 1 aromatic rings. The van der Waals surface area contributed by atoms with Crippen molar-refractivity contribution in [3.05, 3.63) is 34.0 Å². The van der Waals surface area contributed by atoms with Gasteiger partial charge in [0.15, 0.2) is 0 Å². The van der Waals surface area contributed by atoms with Crippen LogP contribution in [-0.2, 0) is 20.9 Å². The minimum Gasteiger partial charge on any atom is -0.339 e. The quantitative estimate of drug-likeness (QED) is 0.618. The van der Waals surface area contributed by atoms with E-state index >= 15 is 0 Å². The summed E-state index contributed by atoms with van der Waals surface area (Å²) in [4.78, 5) is 42.8. The molecule has 2 bridgehead atoms. The first-order chi connectivity index (χ1) is 11.5. The number of likely N-dealkylation sites (tertiary alicyclic amines) is 1. The van der Waals surface area contributed by atoms with Crippen LogP contribution in [0.25, 0.3) is 0 Å². The molecule has 0 unspecified atom stereocenters. The molecule has 2 aliphatic carbocycles. The van der Waals surface area contributed by atoms with Crippen LogP contribution >= 0.6 is 11.3 Å². The molecule has 24 heavy (non-hydrogen) atoms. The fourth-order valence-corrected chi connectivity index (χ4v) is 5.21. The summed E-state index contributed by atoms with van der Waals surface area (Å²) in [7, 11) is 1.72. The van der Waals surface area contributed by atoms with E-state index in [1.54, 1.807) is 23.3 Å². The first-order valence-corrected chi connectivity index (χ1v) is 9.10. The van der Waals surface area contributed by atoms with Crippen molar-refractivity contribution in [2.24, 2.45) is 23.7 Å². The molecular weight excluding hydrogens is 324 g/mol. The second-order valence-electron chi connectivity index (χ2n) is 7.02. The van der Waals surface area contributed by atoms with Gasteiger partial charge >= 0.3 is 0 Å². The van der Waals surface area contributed by atoms with Gasteiger partial charge in [-0.1, -0.05) is 12.2 Å². The third-order valence-corrected chi connectivity index (χ3v) is 6.46. The van der Waals surface area contributed by atoms with E-state index < -0.39 is 0 Å². The van der Waals surface area contributed by atoms with E-state index in [4.69, 9.17) is 0 Å². The van der Waals surface area contributed by atoms with Crippen LogP contribution < -0.4 is 0 Å². The van der Waals surface area contributed by atoms with Crippen molar-refractivity contribution in [1.29, 1.82) is 0 Å². The Morgan fingerprint density at radius 1 is 1.21 bits per heavy atom. The molecule has 0 N–H and O–H groups in total. The number of carbonyl (C=O) groups excluding carboxylic acids is 3. The molecule has 2 fully saturated rings. The molecule has 126 valence electrons. The van der Waals surface area contributed by atoms with Crippen LogP contribution in [0, 0.1) is 30.6 Å². The van der Waals surface area contributed by atoms with Gasteiger partial charge < -0.3 is 4.90 Å². The first kappa shape index (κ1) is 15.6. The molecule has 1 saturated heterocycles. The van der Waals surface area contributed by atoms with Gasteiger partial charge in [-0.15, -0.1) is 11.3 Å². The summed E-state index contributed by atoms with van der Waals surface area (Å²) in [5.41, 5.74) is 0. The minimum absolute atomic E-state index is 0.134. The molecule has 5 nitrogen and oxygen atoms in total. The second kappa shape index (κ2) is 5.55. The molecule has 1 aliphatic heterocycles. The molecule has 4 rings (SSSR count). The lowest BCUT2D eigenvalue weighted by Gasteiger charge is -2.21. The zero-order valence-corrected chi connectivity index (χ0v) is 14.6. The van der Waals surface area contributed by atoms with Crippen LogP contribution in [0.4, 0.5) is 0 Å². The molecule has 0 spiro atoms. The van der Waals surface area contributed by atoms with Crippen LogP contribution in [0.3, 0.4) is 0 Å². The van der Waals surface area contributed by atoms with Crippen LogP contribution in [0.15, 0.2) is 24.3 Å². The second-order valence-corrected chi connectivity index (χ2v) is 8.40. The predicted molar refractivity (Wildman–Crippen MR) is 90.0 cm³/mol. The highest BCUT2D eigenvalue weighted by atomic mass is 32.1. The van der Waals surface area contributed by atoms with E-state index in [-0.39, 0.29) is 47.9 Å². The lowest BCUT2D eigenvalue weighted by Crippen LogP contribution is -2.42. The summed E-state index contributed by atoms with van der Waals surface area (Å²) in [5, 5.41) is 0. The number of allylic oxidation sites excluding steroid dienone is 2. The van der Waals surface area contributed by atoms with Gasteiger partial charge in [-0.05, 0) is 37.3 Å². The molecule has 2 heterocycles. The summed E-state index contributed by atoms with van der Waals surface area (Å²) in [6.45, 7) is 2.40. The average molecular weight is 344 g/mol.